The van der Waals surface area contributed by atoms with E-state index in [1.54, 1.807) is 36.4 Å². The monoisotopic (exact) mass is 364 g/mol. The fraction of sp³-hybridized carbons (Fsp3) is 0.143. The van der Waals surface area contributed by atoms with Gasteiger partial charge in [0, 0.05) is 18.3 Å². The van der Waals surface area contributed by atoms with Crippen molar-refractivity contribution in [2.75, 3.05) is 10.6 Å². The number of benzene rings is 2. The summed E-state index contributed by atoms with van der Waals surface area (Å²) in [5, 5.41) is 5.42. The molecule has 138 valence electrons. The van der Waals surface area contributed by atoms with Crippen molar-refractivity contribution >= 4 is 23.2 Å². The molecule has 0 radical (unpaired) electrons. The number of aryl methyl sites for hydroxylation is 1. The van der Waals surface area contributed by atoms with Crippen LogP contribution in [-0.2, 0) is 11.4 Å². The fourth-order valence-corrected chi connectivity index (χ4v) is 2.48. The molecule has 3 aromatic rings. The molecular weight excluding hydrogens is 344 g/mol. The third kappa shape index (κ3) is 4.98. The Bertz CT molecular complexity index is 945. The third-order valence-corrected chi connectivity index (χ3v) is 3.81. The van der Waals surface area contributed by atoms with E-state index < -0.39 is 0 Å². The van der Waals surface area contributed by atoms with Crippen LogP contribution in [0.15, 0.2) is 65.1 Å². The molecule has 0 saturated carbocycles. The number of hydrogen-bond donors (Lipinski definition) is 2. The van der Waals surface area contributed by atoms with Crippen LogP contribution in [0.2, 0.25) is 0 Å². The molecular formula is C21H20N2O4. The van der Waals surface area contributed by atoms with Gasteiger partial charge in [0.05, 0.1) is 0 Å². The normalized spacial score (nSPS) is 10.3. The van der Waals surface area contributed by atoms with Crippen molar-refractivity contribution in [2.24, 2.45) is 0 Å². The number of ether oxygens (including phenoxy) is 1. The number of nitrogens with one attached hydrogen (secondary N) is 2. The first-order chi connectivity index (χ1) is 13.0. The van der Waals surface area contributed by atoms with Gasteiger partial charge in [-0.2, -0.15) is 0 Å². The number of para-hydroxylation sites is 1. The molecule has 0 aliphatic carbocycles. The lowest BCUT2D eigenvalue weighted by atomic mass is 10.2. The molecule has 0 aliphatic heterocycles. The summed E-state index contributed by atoms with van der Waals surface area (Å²) in [6.07, 6.45) is 0. The molecule has 0 saturated heterocycles. The maximum Gasteiger partial charge on any atom is 0.291 e. The summed E-state index contributed by atoms with van der Waals surface area (Å²) in [7, 11) is 0. The lowest BCUT2D eigenvalue weighted by Gasteiger charge is -2.07. The molecule has 2 aromatic carbocycles. The van der Waals surface area contributed by atoms with Gasteiger partial charge in [-0.1, -0.05) is 18.2 Å². The Morgan fingerprint density at radius 1 is 0.926 bits per heavy atom. The maximum atomic E-state index is 12.3. The number of amides is 2. The third-order valence-electron chi connectivity index (χ3n) is 3.81. The molecule has 2 amide bonds. The zero-order chi connectivity index (χ0) is 19.2. The van der Waals surface area contributed by atoms with Gasteiger partial charge < -0.3 is 19.8 Å². The molecule has 0 fully saturated rings. The molecule has 0 aliphatic rings. The van der Waals surface area contributed by atoms with Crippen LogP contribution in [0.1, 0.15) is 28.8 Å². The Morgan fingerprint density at radius 2 is 1.59 bits per heavy atom. The zero-order valence-electron chi connectivity index (χ0n) is 15.1. The standard InChI is InChI=1S/C21H20N2O4/c1-14-5-3-4-6-19(14)26-13-18-11-12-20(27-18)21(25)23-17-9-7-16(8-10-17)22-15(2)24/h3-12H,13H2,1-2H3,(H,22,24)(H,23,25). The molecule has 0 unspecified atom stereocenters. The summed E-state index contributed by atoms with van der Waals surface area (Å²) in [6.45, 7) is 3.64. The van der Waals surface area contributed by atoms with E-state index in [0.717, 1.165) is 11.3 Å². The Morgan fingerprint density at radius 3 is 2.26 bits per heavy atom. The van der Waals surface area contributed by atoms with Crippen LogP contribution in [0.4, 0.5) is 11.4 Å². The van der Waals surface area contributed by atoms with Crippen LogP contribution in [0.25, 0.3) is 0 Å². The van der Waals surface area contributed by atoms with Gasteiger partial charge in [0.2, 0.25) is 5.91 Å². The zero-order valence-corrected chi connectivity index (χ0v) is 15.1. The van der Waals surface area contributed by atoms with E-state index in [1.165, 1.54) is 6.92 Å². The number of anilines is 2. The van der Waals surface area contributed by atoms with Crippen molar-refractivity contribution in [1.82, 2.24) is 0 Å². The molecule has 0 atom stereocenters. The van der Waals surface area contributed by atoms with Gasteiger partial charge in [-0.15, -0.1) is 0 Å². The van der Waals surface area contributed by atoms with Gasteiger partial charge >= 0.3 is 0 Å². The van der Waals surface area contributed by atoms with Gasteiger partial charge in [0.25, 0.3) is 5.91 Å². The highest BCUT2D eigenvalue weighted by Gasteiger charge is 2.12. The van der Waals surface area contributed by atoms with Crippen molar-refractivity contribution in [3.8, 4) is 5.75 Å². The SMILES string of the molecule is CC(=O)Nc1ccc(NC(=O)c2ccc(COc3ccccc3C)o2)cc1. The van der Waals surface area contributed by atoms with Crippen molar-refractivity contribution in [2.45, 2.75) is 20.5 Å². The second kappa shape index (κ2) is 8.23. The summed E-state index contributed by atoms with van der Waals surface area (Å²) in [5.41, 5.74) is 2.29. The van der Waals surface area contributed by atoms with Crippen LogP contribution in [0.3, 0.4) is 0 Å². The van der Waals surface area contributed by atoms with Gasteiger partial charge in [0.15, 0.2) is 5.76 Å². The van der Waals surface area contributed by atoms with E-state index >= 15 is 0 Å². The molecule has 0 bridgehead atoms. The van der Waals surface area contributed by atoms with E-state index in [1.807, 2.05) is 31.2 Å². The van der Waals surface area contributed by atoms with Crippen molar-refractivity contribution in [3.63, 3.8) is 0 Å². The number of furan rings is 1. The summed E-state index contributed by atoms with van der Waals surface area (Å²) in [4.78, 5) is 23.3. The fourth-order valence-electron chi connectivity index (χ4n) is 2.48. The topological polar surface area (TPSA) is 80.6 Å². The molecule has 0 spiro atoms. The van der Waals surface area contributed by atoms with Crippen LogP contribution in [0.5, 0.6) is 5.75 Å². The number of rotatable bonds is 6. The highest BCUT2D eigenvalue weighted by atomic mass is 16.5. The molecule has 2 N–H and O–H groups in total. The van der Waals surface area contributed by atoms with Crippen molar-refractivity contribution < 1.29 is 18.7 Å². The Kier molecular flexibility index (Phi) is 5.56. The summed E-state index contributed by atoms with van der Waals surface area (Å²) >= 11 is 0. The largest absolute Gasteiger partial charge is 0.485 e. The predicted octanol–water partition coefficient (Wildman–Crippen LogP) is 4.38. The van der Waals surface area contributed by atoms with E-state index in [2.05, 4.69) is 10.6 Å². The second-order valence-corrected chi connectivity index (χ2v) is 6.03. The van der Waals surface area contributed by atoms with Crippen LogP contribution < -0.4 is 15.4 Å². The first kappa shape index (κ1) is 18.3. The number of hydrogen-bond acceptors (Lipinski definition) is 4. The number of carbonyl (C=O) groups is 2. The van der Waals surface area contributed by atoms with Crippen LogP contribution in [0, 0.1) is 6.92 Å². The maximum absolute atomic E-state index is 12.3. The Hall–Kier alpha value is -3.54. The lowest BCUT2D eigenvalue weighted by Crippen LogP contribution is -2.11. The molecule has 1 heterocycles. The highest BCUT2D eigenvalue weighted by Crippen LogP contribution is 2.19. The minimum Gasteiger partial charge on any atom is -0.485 e. The van der Waals surface area contributed by atoms with Crippen molar-refractivity contribution in [1.29, 1.82) is 0 Å². The minimum absolute atomic E-state index is 0.150. The molecule has 27 heavy (non-hydrogen) atoms. The Labute approximate surface area is 157 Å². The first-order valence-corrected chi connectivity index (χ1v) is 8.47. The van der Waals surface area contributed by atoms with Crippen LogP contribution in [-0.4, -0.2) is 11.8 Å². The molecule has 6 heteroatoms. The van der Waals surface area contributed by atoms with Gasteiger partial charge in [-0.3, -0.25) is 9.59 Å². The average molecular weight is 364 g/mol. The molecule has 6 nitrogen and oxygen atoms in total. The highest BCUT2D eigenvalue weighted by molar-refractivity contribution is 6.02. The van der Waals surface area contributed by atoms with E-state index in [9.17, 15) is 9.59 Å². The predicted molar refractivity (Wildman–Crippen MR) is 103 cm³/mol. The van der Waals surface area contributed by atoms with Crippen LogP contribution >= 0.6 is 0 Å². The average Bonchev–Trinajstić information content (AvgIpc) is 3.11. The first-order valence-electron chi connectivity index (χ1n) is 8.47. The summed E-state index contributed by atoms with van der Waals surface area (Å²) in [5.74, 6) is 1.03. The lowest BCUT2D eigenvalue weighted by molar-refractivity contribution is -0.114. The van der Waals surface area contributed by atoms with E-state index in [-0.39, 0.29) is 24.2 Å². The smallest absolute Gasteiger partial charge is 0.291 e. The van der Waals surface area contributed by atoms with E-state index in [0.29, 0.717) is 17.1 Å². The minimum atomic E-state index is -0.357. The van der Waals surface area contributed by atoms with E-state index in [4.69, 9.17) is 9.15 Å². The molecule has 1 aromatic heterocycles. The van der Waals surface area contributed by atoms with Gasteiger partial charge in [-0.05, 0) is 55.0 Å². The second-order valence-electron chi connectivity index (χ2n) is 6.03. The quantitative estimate of drug-likeness (QED) is 0.680. The summed E-state index contributed by atoms with van der Waals surface area (Å²) in [6, 6.07) is 17.8. The van der Waals surface area contributed by atoms with Crippen molar-refractivity contribution in [3.05, 3.63) is 77.7 Å². The Balaban J connectivity index is 1.58. The summed E-state index contributed by atoms with van der Waals surface area (Å²) < 4.78 is 11.3. The molecule has 3 rings (SSSR count). The van der Waals surface area contributed by atoms with Gasteiger partial charge in [0.1, 0.15) is 18.1 Å². The van der Waals surface area contributed by atoms with Gasteiger partial charge in [-0.25, -0.2) is 0 Å². The number of carbonyl (C=O) groups excluding carboxylic acids is 2.